The van der Waals surface area contributed by atoms with Crippen LogP contribution in [0, 0.1) is 0 Å². The summed E-state index contributed by atoms with van der Waals surface area (Å²) in [5.41, 5.74) is 1.45. The molecule has 1 heterocycles. The van der Waals surface area contributed by atoms with E-state index in [4.69, 9.17) is 0 Å². The van der Waals surface area contributed by atoms with Gasteiger partial charge in [0.25, 0.3) is 5.91 Å². The predicted octanol–water partition coefficient (Wildman–Crippen LogP) is 1.66. The Morgan fingerprint density at radius 3 is 2.94 bits per heavy atom. The average Bonchev–Trinajstić information content (AvgIpc) is 2.74. The number of benzene rings is 1. The molecule has 2 atom stereocenters. The van der Waals surface area contributed by atoms with Crippen molar-refractivity contribution in [3.8, 4) is 0 Å². The first-order chi connectivity index (χ1) is 8.58. The fourth-order valence-corrected chi connectivity index (χ4v) is 2.76. The van der Waals surface area contributed by atoms with Crippen molar-refractivity contribution < 1.29 is 9.00 Å². The highest BCUT2D eigenvalue weighted by molar-refractivity contribution is 7.84. The Morgan fingerprint density at radius 2 is 2.22 bits per heavy atom. The second-order valence-electron chi connectivity index (χ2n) is 4.36. The molecule has 18 heavy (non-hydrogen) atoms. The molecule has 1 amide bonds. The number of hydrogen-bond acceptors (Lipinski definition) is 2. The largest absolute Gasteiger partial charge is 0.361 e. The van der Waals surface area contributed by atoms with Crippen LogP contribution >= 0.6 is 0 Å². The number of aromatic amines is 1. The Kier molecular flexibility index (Phi) is 3.81. The Hall–Kier alpha value is -1.62. The van der Waals surface area contributed by atoms with Gasteiger partial charge < -0.3 is 10.3 Å². The van der Waals surface area contributed by atoms with Crippen LogP contribution in [0.4, 0.5) is 0 Å². The van der Waals surface area contributed by atoms with Crippen molar-refractivity contribution in [1.82, 2.24) is 10.3 Å². The number of aromatic nitrogens is 1. The first kappa shape index (κ1) is 12.8. The highest BCUT2D eigenvalue weighted by Gasteiger charge is 2.13. The van der Waals surface area contributed by atoms with Crippen LogP contribution in [0.25, 0.3) is 10.9 Å². The lowest BCUT2D eigenvalue weighted by molar-refractivity contribution is 0.0945. The fourth-order valence-electron chi connectivity index (χ4n) is 1.97. The van der Waals surface area contributed by atoms with Crippen LogP contribution in [-0.2, 0) is 10.8 Å². The summed E-state index contributed by atoms with van der Waals surface area (Å²) >= 11 is 0. The second-order valence-corrected chi connectivity index (χ2v) is 5.84. The lowest BCUT2D eigenvalue weighted by atomic mass is 10.1. The monoisotopic (exact) mass is 264 g/mol. The van der Waals surface area contributed by atoms with Crippen LogP contribution < -0.4 is 5.32 Å². The molecular formula is C13H16N2O2S. The number of carbonyl (C=O) groups excluding carboxylic acids is 1. The van der Waals surface area contributed by atoms with Crippen LogP contribution in [-0.4, -0.2) is 33.2 Å². The van der Waals surface area contributed by atoms with Crippen molar-refractivity contribution >= 4 is 27.6 Å². The van der Waals surface area contributed by atoms with Crippen molar-refractivity contribution in [2.24, 2.45) is 0 Å². The minimum absolute atomic E-state index is 0.103. The summed E-state index contributed by atoms with van der Waals surface area (Å²) in [7, 11) is -0.910. The zero-order valence-electron chi connectivity index (χ0n) is 10.4. The predicted molar refractivity (Wildman–Crippen MR) is 74.2 cm³/mol. The van der Waals surface area contributed by atoms with Crippen molar-refractivity contribution in [3.05, 3.63) is 36.0 Å². The summed E-state index contributed by atoms with van der Waals surface area (Å²) < 4.78 is 11.1. The number of amides is 1. The highest BCUT2D eigenvalue weighted by atomic mass is 32.2. The van der Waals surface area contributed by atoms with E-state index < -0.39 is 10.8 Å². The summed E-state index contributed by atoms with van der Waals surface area (Å²) in [5, 5.41) is 3.87. The van der Waals surface area contributed by atoms with Crippen molar-refractivity contribution in [1.29, 1.82) is 0 Å². The summed E-state index contributed by atoms with van der Waals surface area (Å²) in [4.78, 5) is 15.2. The zero-order valence-corrected chi connectivity index (χ0v) is 11.2. The number of fused-ring (bicyclic) bond motifs is 1. The van der Waals surface area contributed by atoms with Gasteiger partial charge in [-0.3, -0.25) is 9.00 Å². The van der Waals surface area contributed by atoms with Gasteiger partial charge in [-0.1, -0.05) is 12.1 Å². The molecule has 2 rings (SSSR count). The number of nitrogens with one attached hydrogen (secondary N) is 2. The van der Waals surface area contributed by atoms with Crippen LogP contribution in [0.3, 0.4) is 0 Å². The van der Waals surface area contributed by atoms with Gasteiger partial charge in [-0.25, -0.2) is 0 Å². The van der Waals surface area contributed by atoms with Gasteiger partial charge in [0.05, 0.1) is 11.1 Å². The minimum atomic E-state index is -0.910. The first-order valence-electron chi connectivity index (χ1n) is 5.75. The molecular weight excluding hydrogens is 248 g/mol. The fraction of sp³-hybridized carbons (Fsp3) is 0.308. The van der Waals surface area contributed by atoms with Gasteiger partial charge in [-0.2, -0.15) is 0 Å². The van der Waals surface area contributed by atoms with Crippen molar-refractivity contribution in [2.75, 3.05) is 12.0 Å². The molecule has 0 aliphatic carbocycles. The highest BCUT2D eigenvalue weighted by Crippen LogP contribution is 2.16. The number of hydrogen-bond donors (Lipinski definition) is 2. The third-order valence-electron chi connectivity index (χ3n) is 2.69. The smallest absolute Gasteiger partial charge is 0.253 e. The quantitative estimate of drug-likeness (QED) is 0.882. The van der Waals surface area contributed by atoms with E-state index in [-0.39, 0.29) is 11.9 Å². The zero-order chi connectivity index (χ0) is 13.1. The van der Waals surface area contributed by atoms with Crippen LogP contribution in [0.2, 0.25) is 0 Å². The lowest BCUT2D eigenvalue weighted by Crippen LogP contribution is -2.36. The maximum atomic E-state index is 12.1. The molecule has 0 saturated heterocycles. The van der Waals surface area contributed by atoms with Gasteiger partial charge in [0, 0.05) is 40.4 Å². The number of rotatable bonds is 4. The molecule has 1 aromatic heterocycles. The topological polar surface area (TPSA) is 62.0 Å². The summed E-state index contributed by atoms with van der Waals surface area (Å²) in [6.45, 7) is 1.86. The van der Waals surface area contributed by atoms with E-state index in [2.05, 4.69) is 10.3 Å². The van der Waals surface area contributed by atoms with E-state index in [0.717, 1.165) is 10.9 Å². The van der Waals surface area contributed by atoms with Gasteiger partial charge in [-0.15, -0.1) is 0 Å². The third-order valence-corrected chi connectivity index (χ3v) is 3.66. The van der Waals surface area contributed by atoms with Crippen LogP contribution in [0.5, 0.6) is 0 Å². The molecule has 1 aromatic carbocycles. The van der Waals surface area contributed by atoms with Gasteiger partial charge in [0.1, 0.15) is 0 Å². The molecule has 0 saturated carbocycles. The van der Waals surface area contributed by atoms with E-state index in [1.807, 2.05) is 31.3 Å². The molecule has 2 aromatic rings. The molecule has 2 unspecified atom stereocenters. The second kappa shape index (κ2) is 5.35. The molecule has 0 radical (unpaired) electrons. The number of carbonyl (C=O) groups is 1. The Bertz CT molecular complexity index is 591. The Morgan fingerprint density at radius 1 is 1.44 bits per heavy atom. The van der Waals surface area contributed by atoms with Crippen LogP contribution in [0.1, 0.15) is 17.3 Å². The lowest BCUT2D eigenvalue weighted by Gasteiger charge is -2.12. The SMILES string of the molecule is CC(CS(C)=O)NC(=O)c1cccc2cc[nH]c12. The number of para-hydroxylation sites is 1. The van der Waals surface area contributed by atoms with Gasteiger partial charge >= 0.3 is 0 Å². The molecule has 0 bridgehead atoms. The van der Waals surface area contributed by atoms with Crippen molar-refractivity contribution in [3.63, 3.8) is 0 Å². The average molecular weight is 264 g/mol. The normalized spacial score (nSPS) is 14.3. The van der Waals surface area contributed by atoms with Crippen LogP contribution in [0.15, 0.2) is 30.5 Å². The molecule has 4 nitrogen and oxygen atoms in total. The van der Waals surface area contributed by atoms with E-state index in [0.29, 0.717) is 11.3 Å². The summed E-state index contributed by atoms with van der Waals surface area (Å²) in [5.74, 6) is 0.327. The van der Waals surface area contributed by atoms with E-state index in [9.17, 15) is 9.00 Å². The van der Waals surface area contributed by atoms with Gasteiger partial charge in [0.2, 0.25) is 0 Å². The standard InChI is InChI=1S/C13H16N2O2S/c1-9(8-18(2)17)15-13(16)11-5-3-4-10-6-7-14-12(10)11/h3-7,9,14H,8H2,1-2H3,(H,15,16). The van der Waals surface area contributed by atoms with Gasteiger partial charge in [0.15, 0.2) is 0 Å². The summed E-state index contributed by atoms with van der Waals surface area (Å²) in [6, 6.07) is 7.41. The first-order valence-corrected chi connectivity index (χ1v) is 7.47. The van der Waals surface area contributed by atoms with E-state index >= 15 is 0 Å². The molecule has 2 N–H and O–H groups in total. The maximum absolute atomic E-state index is 12.1. The van der Waals surface area contributed by atoms with E-state index in [1.165, 1.54) is 0 Å². The molecule has 0 aliphatic rings. The maximum Gasteiger partial charge on any atom is 0.253 e. The Labute approximate surface area is 108 Å². The minimum Gasteiger partial charge on any atom is -0.361 e. The summed E-state index contributed by atoms with van der Waals surface area (Å²) in [6.07, 6.45) is 3.44. The third kappa shape index (κ3) is 2.79. The Balaban J connectivity index is 2.18. The molecule has 0 spiro atoms. The van der Waals surface area contributed by atoms with Crippen molar-refractivity contribution in [2.45, 2.75) is 13.0 Å². The molecule has 96 valence electrons. The van der Waals surface area contributed by atoms with Gasteiger partial charge in [-0.05, 0) is 19.1 Å². The molecule has 0 aliphatic heterocycles. The molecule has 5 heteroatoms. The molecule has 0 fully saturated rings. The van der Waals surface area contributed by atoms with E-state index in [1.54, 1.807) is 12.3 Å². The number of H-pyrrole nitrogens is 1.